The van der Waals surface area contributed by atoms with Gasteiger partial charge in [-0.25, -0.2) is 4.98 Å². The monoisotopic (exact) mass is 506 g/mol. The highest BCUT2D eigenvalue weighted by molar-refractivity contribution is 9.10. The molecule has 1 aliphatic carbocycles. The van der Waals surface area contributed by atoms with Crippen molar-refractivity contribution in [3.05, 3.63) is 59.1 Å². The highest BCUT2D eigenvalue weighted by atomic mass is 79.9. The molecule has 1 aromatic heterocycles. The lowest BCUT2D eigenvalue weighted by atomic mass is 9.96. The third-order valence-electron chi connectivity index (χ3n) is 5.12. The van der Waals surface area contributed by atoms with E-state index in [-0.39, 0.29) is 11.8 Å². The molecular formula is C23H22BrF3N4O. The predicted molar refractivity (Wildman–Crippen MR) is 122 cm³/mol. The lowest BCUT2D eigenvalue weighted by molar-refractivity contribution is -0.274. The molecule has 3 aromatic rings. The zero-order chi connectivity index (χ0) is 22.6. The first-order valence-corrected chi connectivity index (χ1v) is 11.2. The summed E-state index contributed by atoms with van der Waals surface area (Å²) < 4.78 is 43.0. The van der Waals surface area contributed by atoms with Gasteiger partial charge in [-0.2, -0.15) is 4.98 Å². The Bertz CT molecular complexity index is 1070. The van der Waals surface area contributed by atoms with Gasteiger partial charge in [0.25, 0.3) is 0 Å². The normalized spacial score (nSPS) is 14.8. The minimum atomic E-state index is -4.76. The van der Waals surface area contributed by atoms with Gasteiger partial charge in [0.2, 0.25) is 5.95 Å². The third kappa shape index (κ3) is 6.35. The standard InChI is InChI=1S/C23H22BrF3N4O/c24-16-7-5-10-18(13-16)28-21-14-20(15-6-4-11-19(12-15)32-23(25,26)27)30-22(31-21)29-17-8-2-1-3-9-17/h4-7,10-14,17H,1-3,8-9H2,(H2,28,29,30,31). The zero-order valence-corrected chi connectivity index (χ0v) is 18.7. The first-order valence-electron chi connectivity index (χ1n) is 10.4. The predicted octanol–water partition coefficient (Wildman–Crippen LogP) is 7.29. The van der Waals surface area contributed by atoms with Crippen molar-refractivity contribution in [1.82, 2.24) is 9.97 Å². The van der Waals surface area contributed by atoms with Crippen LogP contribution in [0, 0.1) is 0 Å². The van der Waals surface area contributed by atoms with Gasteiger partial charge in [0.1, 0.15) is 11.6 Å². The molecule has 0 amide bonds. The number of hydrogen-bond donors (Lipinski definition) is 2. The van der Waals surface area contributed by atoms with Crippen molar-refractivity contribution < 1.29 is 17.9 Å². The molecule has 168 valence electrons. The van der Waals surface area contributed by atoms with E-state index in [9.17, 15) is 13.2 Å². The molecule has 0 saturated heterocycles. The summed E-state index contributed by atoms with van der Waals surface area (Å²) in [6, 6.07) is 15.4. The van der Waals surface area contributed by atoms with Crippen LogP contribution in [0.2, 0.25) is 0 Å². The molecule has 0 atom stereocenters. The van der Waals surface area contributed by atoms with Crippen LogP contribution in [0.15, 0.2) is 59.1 Å². The SMILES string of the molecule is FC(F)(F)Oc1cccc(-c2cc(Nc3cccc(Br)c3)nc(NC3CCCCC3)n2)c1. The number of aromatic nitrogens is 2. The second kappa shape index (κ2) is 9.77. The fraction of sp³-hybridized carbons (Fsp3) is 0.304. The molecule has 2 aromatic carbocycles. The van der Waals surface area contributed by atoms with Gasteiger partial charge in [0.15, 0.2) is 0 Å². The van der Waals surface area contributed by atoms with Crippen molar-refractivity contribution >= 4 is 33.4 Å². The van der Waals surface area contributed by atoms with E-state index in [0.717, 1.165) is 35.8 Å². The summed E-state index contributed by atoms with van der Waals surface area (Å²) in [6.45, 7) is 0. The molecule has 9 heteroatoms. The molecular weight excluding hydrogens is 485 g/mol. The quantitative estimate of drug-likeness (QED) is 0.367. The van der Waals surface area contributed by atoms with Gasteiger partial charge in [0.05, 0.1) is 5.69 Å². The maximum Gasteiger partial charge on any atom is 0.573 e. The van der Waals surface area contributed by atoms with Crippen LogP contribution in [0.4, 0.5) is 30.6 Å². The Morgan fingerprint density at radius 1 is 0.938 bits per heavy atom. The van der Waals surface area contributed by atoms with Crippen LogP contribution in [-0.4, -0.2) is 22.4 Å². The molecule has 2 N–H and O–H groups in total. The number of hydrogen-bond acceptors (Lipinski definition) is 5. The van der Waals surface area contributed by atoms with Crippen molar-refractivity contribution in [2.24, 2.45) is 0 Å². The highest BCUT2D eigenvalue weighted by Gasteiger charge is 2.31. The zero-order valence-electron chi connectivity index (χ0n) is 17.1. The van der Waals surface area contributed by atoms with Gasteiger partial charge in [-0.05, 0) is 43.2 Å². The molecule has 1 heterocycles. The topological polar surface area (TPSA) is 59.1 Å². The molecule has 0 bridgehead atoms. The van der Waals surface area contributed by atoms with Gasteiger partial charge >= 0.3 is 6.36 Å². The van der Waals surface area contributed by atoms with Crippen molar-refractivity contribution in [2.75, 3.05) is 10.6 Å². The number of halogens is 4. The van der Waals surface area contributed by atoms with E-state index in [1.165, 1.54) is 24.6 Å². The Kier molecular flexibility index (Phi) is 6.83. The van der Waals surface area contributed by atoms with E-state index in [2.05, 4.69) is 41.3 Å². The number of anilines is 3. The van der Waals surface area contributed by atoms with E-state index >= 15 is 0 Å². The molecule has 0 unspecified atom stereocenters. The van der Waals surface area contributed by atoms with E-state index in [1.54, 1.807) is 12.1 Å². The van der Waals surface area contributed by atoms with Crippen LogP contribution < -0.4 is 15.4 Å². The van der Waals surface area contributed by atoms with Crippen molar-refractivity contribution in [3.63, 3.8) is 0 Å². The summed E-state index contributed by atoms with van der Waals surface area (Å²) in [7, 11) is 0. The number of nitrogens with zero attached hydrogens (tertiary/aromatic N) is 2. The Balaban J connectivity index is 1.67. The molecule has 1 aliphatic rings. The van der Waals surface area contributed by atoms with Gasteiger partial charge in [-0.15, -0.1) is 13.2 Å². The largest absolute Gasteiger partial charge is 0.573 e. The van der Waals surface area contributed by atoms with Gasteiger partial charge < -0.3 is 15.4 Å². The number of alkyl halides is 3. The maximum atomic E-state index is 12.7. The summed E-state index contributed by atoms with van der Waals surface area (Å²) >= 11 is 3.45. The Morgan fingerprint density at radius 3 is 2.47 bits per heavy atom. The Hall–Kier alpha value is -2.81. The number of nitrogens with one attached hydrogen (secondary N) is 2. The molecule has 4 rings (SSSR count). The number of ether oxygens (including phenoxy) is 1. The number of rotatable bonds is 6. The molecule has 0 aliphatic heterocycles. The molecule has 1 saturated carbocycles. The molecule has 32 heavy (non-hydrogen) atoms. The van der Waals surface area contributed by atoms with E-state index in [0.29, 0.717) is 23.0 Å². The fourth-order valence-electron chi connectivity index (χ4n) is 3.72. The summed E-state index contributed by atoms with van der Waals surface area (Å²) in [5, 5.41) is 6.65. The summed E-state index contributed by atoms with van der Waals surface area (Å²) in [6.07, 6.45) is 0.842. The fourth-order valence-corrected chi connectivity index (χ4v) is 4.12. The maximum absolute atomic E-state index is 12.7. The molecule has 1 fully saturated rings. The molecule has 0 spiro atoms. The summed E-state index contributed by atoms with van der Waals surface area (Å²) in [4.78, 5) is 9.19. The Labute approximate surface area is 192 Å². The van der Waals surface area contributed by atoms with Crippen LogP contribution in [0.5, 0.6) is 5.75 Å². The van der Waals surface area contributed by atoms with Gasteiger partial charge in [-0.1, -0.05) is 53.4 Å². The lowest BCUT2D eigenvalue weighted by Crippen LogP contribution is -2.23. The summed E-state index contributed by atoms with van der Waals surface area (Å²) in [5.74, 6) is 0.680. The average Bonchev–Trinajstić information content (AvgIpc) is 2.73. The van der Waals surface area contributed by atoms with E-state index < -0.39 is 6.36 Å². The van der Waals surface area contributed by atoms with Gasteiger partial charge in [0, 0.05) is 27.8 Å². The minimum Gasteiger partial charge on any atom is -0.406 e. The first kappa shape index (κ1) is 22.4. The van der Waals surface area contributed by atoms with Gasteiger partial charge in [-0.3, -0.25) is 0 Å². The number of benzene rings is 2. The van der Waals surface area contributed by atoms with Crippen LogP contribution >= 0.6 is 15.9 Å². The van der Waals surface area contributed by atoms with E-state index in [1.807, 2.05) is 24.3 Å². The van der Waals surface area contributed by atoms with Crippen molar-refractivity contribution in [2.45, 2.75) is 44.5 Å². The van der Waals surface area contributed by atoms with Crippen LogP contribution in [0.25, 0.3) is 11.3 Å². The lowest BCUT2D eigenvalue weighted by Gasteiger charge is -2.23. The van der Waals surface area contributed by atoms with Crippen LogP contribution in [0.3, 0.4) is 0 Å². The first-order chi connectivity index (χ1) is 15.3. The Morgan fingerprint density at radius 2 is 1.72 bits per heavy atom. The third-order valence-corrected chi connectivity index (χ3v) is 5.62. The second-order valence-electron chi connectivity index (χ2n) is 7.65. The van der Waals surface area contributed by atoms with Crippen molar-refractivity contribution in [3.8, 4) is 17.0 Å². The minimum absolute atomic E-state index is 0.276. The smallest absolute Gasteiger partial charge is 0.406 e. The summed E-state index contributed by atoms with van der Waals surface area (Å²) in [5.41, 5.74) is 1.81. The molecule has 0 radical (unpaired) electrons. The van der Waals surface area contributed by atoms with Crippen molar-refractivity contribution in [1.29, 1.82) is 0 Å². The van der Waals surface area contributed by atoms with Crippen LogP contribution in [0.1, 0.15) is 32.1 Å². The second-order valence-corrected chi connectivity index (χ2v) is 8.57. The molecule has 5 nitrogen and oxygen atoms in total. The van der Waals surface area contributed by atoms with Crippen LogP contribution in [-0.2, 0) is 0 Å². The van der Waals surface area contributed by atoms with E-state index in [4.69, 9.17) is 0 Å². The highest BCUT2D eigenvalue weighted by Crippen LogP contribution is 2.30. The average molecular weight is 507 g/mol.